The molecule has 5 heteroatoms. The highest BCUT2D eigenvalue weighted by Crippen LogP contribution is 2.74. The van der Waals surface area contributed by atoms with Gasteiger partial charge < -0.3 is 0 Å². The van der Waals surface area contributed by atoms with Crippen molar-refractivity contribution in [2.75, 3.05) is 0 Å². The van der Waals surface area contributed by atoms with Gasteiger partial charge in [-0.1, -0.05) is 60.1 Å². The van der Waals surface area contributed by atoms with Gasteiger partial charge in [0.1, 0.15) is 6.07 Å². The third kappa shape index (κ3) is 2.85. The Kier molecular flexibility index (Phi) is 5.51. The standard InChI is InChI=1S/C31H40ClNO3/c1-17-8-11-31(26(32)36)13-12-30(7)24(23(31)18(17)2)20(34)14-22-28(5)15-19(16-33)25(35)27(3,4)21(28)9-10-29(22,30)6/h14-15,17-18,21,23-24H,8-13H2,1-7H3/t17-,18+,21+,23+,24-,28+,29-,30-,31+/m1/s1. The van der Waals surface area contributed by atoms with Gasteiger partial charge >= 0.3 is 0 Å². The minimum atomic E-state index is -0.669. The van der Waals surface area contributed by atoms with Crippen molar-refractivity contribution in [1.82, 2.24) is 0 Å². The molecule has 0 N–H and O–H groups in total. The highest BCUT2D eigenvalue weighted by Gasteiger charge is 2.71. The average Bonchev–Trinajstić information content (AvgIpc) is 2.80. The summed E-state index contributed by atoms with van der Waals surface area (Å²) < 4.78 is 0. The van der Waals surface area contributed by atoms with Crippen LogP contribution < -0.4 is 0 Å². The first-order valence-electron chi connectivity index (χ1n) is 13.8. The van der Waals surface area contributed by atoms with Crippen molar-refractivity contribution >= 4 is 28.4 Å². The molecular formula is C31H40ClNO3. The monoisotopic (exact) mass is 509 g/mol. The van der Waals surface area contributed by atoms with E-state index in [1.165, 1.54) is 0 Å². The summed E-state index contributed by atoms with van der Waals surface area (Å²) in [5.74, 6) is 0.411. The van der Waals surface area contributed by atoms with Crippen molar-refractivity contribution in [3.05, 3.63) is 23.3 Å². The summed E-state index contributed by atoms with van der Waals surface area (Å²) in [6.07, 6.45) is 8.77. The summed E-state index contributed by atoms with van der Waals surface area (Å²) in [5.41, 5.74) is -1.12. The smallest absolute Gasteiger partial charge is 0.228 e. The Hall–Kier alpha value is -1.73. The molecule has 3 fully saturated rings. The van der Waals surface area contributed by atoms with Gasteiger partial charge in [0.25, 0.3) is 0 Å². The van der Waals surface area contributed by atoms with E-state index in [-0.39, 0.29) is 56.9 Å². The van der Waals surface area contributed by atoms with E-state index in [2.05, 4.69) is 40.7 Å². The van der Waals surface area contributed by atoms with Crippen LogP contribution in [0.25, 0.3) is 0 Å². The fourth-order valence-corrected chi connectivity index (χ4v) is 10.5. The Balaban J connectivity index is 1.72. The van der Waals surface area contributed by atoms with Crippen LogP contribution in [0.15, 0.2) is 23.3 Å². The highest BCUT2D eigenvalue weighted by atomic mass is 35.5. The second kappa shape index (κ2) is 7.66. The lowest BCUT2D eigenvalue weighted by molar-refractivity contribution is -0.178. The van der Waals surface area contributed by atoms with Gasteiger partial charge in [-0.3, -0.25) is 14.4 Å². The number of ketones is 2. The first-order valence-corrected chi connectivity index (χ1v) is 14.1. The van der Waals surface area contributed by atoms with Crippen molar-refractivity contribution < 1.29 is 14.4 Å². The summed E-state index contributed by atoms with van der Waals surface area (Å²) in [6.45, 7) is 15.1. The zero-order valence-corrected chi connectivity index (χ0v) is 23.6. The third-order valence-electron chi connectivity index (χ3n) is 12.6. The van der Waals surface area contributed by atoms with Gasteiger partial charge in [-0.05, 0) is 90.7 Å². The molecule has 0 aliphatic heterocycles. The molecule has 5 aliphatic carbocycles. The van der Waals surface area contributed by atoms with Crippen LogP contribution in [0.1, 0.15) is 87.0 Å². The van der Waals surface area contributed by atoms with Crippen LogP contribution in [0.3, 0.4) is 0 Å². The van der Waals surface area contributed by atoms with Crippen molar-refractivity contribution in [3.63, 3.8) is 0 Å². The van der Waals surface area contributed by atoms with Crippen LogP contribution in [0.2, 0.25) is 0 Å². The van der Waals surface area contributed by atoms with Gasteiger partial charge in [-0.25, -0.2) is 0 Å². The van der Waals surface area contributed by atoms with Crippen LogP contribution in [-0.4, -0.2) is 16.8 Å². The number of Topliss-reactive ketones (excluding diaryl/α,β-unsaturated/α-hetero) is 1. The summed E-state index contributed by atoms with van der Waals surface area (Å²) in [7, 11) is 0. The van der Waals surface area contributed by atoms with Crippen LogP contribution in [0, 0.1) is 68.0 Å². The first-order chi connectivity index (χ1) is 16.6. The maximum atomic E-state index is 14.3. The lowest BCUT2D eigenvalue weighted by Crippen LogP contribution is -2.66. The van der Waals surface area contributed by atoms with E-state index in [1.807, 2.05) is 26.0 Å². The molecule has 0 saturated heterocycles. The third-order valence-corrected chi connectivity index (χ3v) is 13.0. The summed E-state index contributed by atoms with van der Waals surface area (Å²) in [6, 6.07) is 2.17. The summed E-state index contributed by atoms with van der Waals surface area (Å²) in [5, 5.41) is 9.58. The molecule has 36 heavy (non-hydrogen) atoms. The first kappa shape index (κ1) is 25.9. The number of hydrogen-bond donors (Lipinski definition) is 0. The maximum absolute atomic E-state index is 14.3. The van der Waals surface area contributed by atoms with E-state index >= 15 is 0 Å². The Labute approximate surface area is 220 Å². The van der Waals surface area contributed by atoms with Gasteiger partial charge in [0.2, 0.25) is 5.24 Å². The number of hydrogen-bond acceptors (Lipinski definition) is 4. The molecule has 9 atom stereocenters. The summed E-state index contributed by atoms with van der Waals surface area (Å²) >= 11 is 6.38. The average molecular weight is 510 g/mol. The molecule has 0 radical (unpaired) electrons. The number of nitriles is 1. The zero-order valence-electron chi connectivity index (χ0n) is 22.8. The number of fused-ring (bicyclic) bond motifs is 7. The number of allylic oxidation sites excluding steroid dienone is 4. The fraction of sp³-hybridized carbons (Fsp3) is 0.742. The molecule has 0 heterocycles. The second-order valence-electron chi connectivity index (χ2n) is 14.1. The topological polar surface area (TPSA) is 75.0 Å². The van der Waals surface area contributed by atoms with Crippen molar-refractivity contribution in [1.29, 1.82) is 5.26 Å². The SMILES string of the molecule is C[C@@H]1[C@H]2[C@H]3C(=O)C=C4[C@@]5(C)C=C(C#N)C(=O)C(C)(C)[C@@H]5CC[C@@]4(C)[C@]3(C)CC[C@@]2(C(=O)Cl)CC[C@H]1C. The van der Waals surface area contributed by atoms with Crippen molar-refractivity contribution in [2.45, 2.75) is 87.0 Å². The molecule has 5 aliphatic rings. The molecule has 194 valence electrons. The van der Waals surface area contributed by atoms with E-state index in [0.717, 1.165) is 44.1 Å². The lowest BCUT2D eigenvalue weighted by Gasteiger charge is -2.69. The molecule has 0 aromatic heterocycles. The minimum absolute atomic E-state index is 0.0302. The van der Waals surface area contributed by atoms with Gasteiger partial charge in [0.15, 0.2) is 11.6 Å². The van der Waals surface area contributed by atoms with Crippen molar-refractivity contribution in [3.8, 4) is 6.07 Å². The quantitative estimate of drug-likeness (QED) is 0.363. The second-order valence-corrected chi connectivity index (χ2v) is 14.5. The van der Waals surface area contributed by atoms with Gasteiger partial charge in [0, 0.05) is 22.2 Å². The van der Waals surface area contributed by atoms with Crippen LogP contribution in [0.5, 0.6) is 0 Å². The molecule has 0 amide bonds. The molecule has 5 rings (SSSR count). The largest absolute Gasteiger partial charge is 0.295 e. The van der Waals surface area contributed by atoms with Gasteiger partial charge in [-0.15, -0.1) is 0 Å². The van der Waals surface area contributed by atoms with Gasteiger partial charge in [0.05, 0.1) is 5.57 Å². The molecule has 0 unspecified atom stereocenters. The number of carbonyl (C=O) groups is 3. The van der Waals surface area contributed by atoms with Crippen LogP contribution >= 0.6 is 11.6 Å². The lowest BCUT2D eigenvalue weighted by atomic mass is 9.34. The van der Waals surface area contributed by atoms with E-state index in [1.54, 1.807) is 0 Å². The molecule has 0 aromatic carbocycles. The minimum Gasteiger partial charge on any atom is -0.295 e. The maximum Gasteiger partial charge on any atom is 0.228 e. The molecule has 0 aromatic rings. The number of halogens is 1. The van der Waals surface area contributed by atoms with E-state index in [9.17, 15) is 19.6 Å². The predicted molar refractivity (Wildman–Crippen MR) is 140 cm³/mol. The molecule has 3 saturated carbocycles. The Morgan fingerprint density at radius 3 is 2.31 bits per heavy atom. The van der Waals surface area contributed by atoms with E-state index < -0.39 is 16.2 Å². The number of rotatable bonds is 1. The molecular weight excluding hydrogens is 470 g/mol. The van der Waals surface area contributed by atoms with E-state index in [0.29, 0.717) is 5.92 Å². The predicted octanol–water partition coefficient (Wildman–Crippen LogP) is 6.83. The van der Waals surface area contributed by atoms with Crippen molar-refractivity contribution in [2.24, 2.45) is 56.7 Å². The Morgan fingerprint density at radius 2 is 1.69 bits per heavy atom. The molecule has 0 spiro atoms. The highest BCUT2D eigenvalue weighted by molar-refractivity contribution is 6.64. The van der Waals surface area contributed by atoms with Crippen LogP contribution in [0.4, 0.5) is 0 Å². The Morgan fingerprint density at radius 1 is 1.03 bits per heavy atom. The number of nitrogens with zero attached hydrogens (tertiary/aromatic N) is 1. The fourth-order valence-electron chi connectivity index (χ4n) is 10.2. The zero-order chi connectivity index (χ0) is 26.6. The molecule has 0 bridgehead atoms. The molecule has 4 nitrogen and oxygen atoms in total. The Bertz CT molecular complexity index is 1170. The van der Waals surface area contributed by atoms with Crippen LogP contribution in [-0.2, 0) is 14.4 Å². The number of carbonyl (C=O) groups excluding carboxylic acids is 3. The van der Waals surface area contributed by atoms with E-state index in [4.69, 9.17) is 11.6 Å². The van der Waals surface area contributed by atoms with Gasteiger partial charge in [-0.2, -0.15) is 5.26 Å². The normalized spacial score (nSPS) is 49.4. The summed E-state index contributed by atoms with van der Waals surface area (Å²) in [4.78, 5) is 40.5.